The number of halogens is 2. The summed E-state index contributed by atoms with van der Waals surface area (Å²) in [6.07, 6.45) is 0. The van der Waals surface area contributed by atoms with Gasteiger partial charge in [-0.05, 0) is 46.3 Å². The lowest BCUT2D eigenvalue weighted by Gasteiger charge is -2.07. The molecular weight excluding hydrogens is 331 g/mol. The Kier molecular flexibility index (Phi) is 3.96. The minimum atomic E-state index is -0.644. The van der Waals surface area contributed by atoms with E-state index in [0.29, 0.717) is 0 Å². The summed E-state index contributed by atoms with van der Waals surface area (Å²) >= 11 is 3.00. The summed E-state index contributed by atoms with van der Waals surface area (Å²) in [5.74, 6) is -0.245. The van der Waals surface area contributed by atoms with Crippen LogP contribution < -0.4 is 4.74 Å². The predicted octanol–water partition coefficient (Wildman–Crippen LogP) is 4.16. The first kappa shape index (κ1) is 14.0. The molecule has 0 aliphatic carbocycles. The highest BCUT2D eigenvalue weighted by Crippen LogP contribution is 2.33. The number of rotatable bonds is 3. The molecule has 0 spiro atoms. The van der Waals surface area contributed by atoms with Crippen molar-refractivity contribution in [2.75, 3.05) is 0 Å². The predicted molar refractivity (Wildman–Crippen MR) is 72.0 cm³/mol. The zero-order chi connectivity index (χ0) is 14.7. The van der Waals surface area contributed by atoms with Gasteiger partial charge in [0.25, 0.3) is 0 Å². The summed E-state index contributed by atoms with van der Waals surface area (Å²) in [4.78, 5) is 10.3. The molecule has 0 aromatic heterocycles. The summed E-state index contributed by atoms with van der Waals surface area (Å²) in [7, 11) is 0. The van der Waals surface area contributed by atoms with E-state index in [1.54, 1.807) is 0 Å². The van der Waals surface area contributed by atoms with Crippen molar-refractivity contribution in [2.24, 2.45) is 0 Å². The van der Waals surface area contributed by atoms with Gasteiger partial charge in [0, 0.05) is 6.07 Å². The van der Waals surface area contributed by atoms with Crippen molar-refractivity contribution < 1.29 is 14.1 Å². The van der Waals surface area contributed by atoms with E-state index in [2.05, 4.69) is 15.9 Å². The topological polar surface area (TPSA) is 76.2 Å². The van der Waals surface area contributed by atoms with Gasteiger partial charge in [-0.15, -0.1) is 0 Å². The third kappa shape index (κ3) is 2.92. The Morgan fingerprint density at radius 2 is 2.05 bits per heavy atom. The summed E-state index contributed by atoms with van der Waals surface area (Å²) < 4.78 is 18.6. The van der Waals surface area contributed by atoms with Gasteiger partial charge in [-0.25, -0.2) is 4.39 Å². The molecule has 2 aromatic rings. The Morgan fingerprint density at radius 3 is 2.65 bits per heavy atom. The van der Waals surface area contributed by atoms with Crippen LogP contribution in [0.5, 0.6) is 11.5 Å². The molecular formula is C13H6BrFN2O3. The number of hydrogen-bond acceptors (Lipinski definition) is 4. The number of nitrogens with zero attached hydrogens (tertiary/aromatic N) is 2. The van der Waals surface area contributed by atoms with Gasteiger partial charge in [0.2, 0.25) is 5.75 Å². The summed E-state index contributed by atoms with van der Waals surface area (Å²) in [5, 5.41) is 19.7. The van der Waals surface area contributed by atoms with E-state index in [1.807, 2.05) is 6.07 Å². The highest BCUT2D eigenvalue weighted by molar-refractivity contribution is 9.10. The van der Waals surface area contributed by atoms with Crippen molar-refractivity contribution >= 4 is 21.6 Å². The first-order chi connectivity index (χ1) is 9.51. The van der Waals surface area contributed by atoms with E-state index >= 15 is 0 Å². The van der Waals surface area contributed by atoms with E-state index < -0.39 is 10.7 Å². The van der Waals surface area contributed by atoms with Crippen LogP contribution in [0.4, 0.5) is 10.1 Å². The Labute approximate surface area is 121 Å². The fourth-order valence-electron chi connectivity index (χ4n) is 1.48. The van der Waals surface area contributed by atoms with Gasteiger partial charge in [-0.2, -0.15) is 5.26 Å². The molecule has 2 aromatic carbocycles. The highest BCUT2D eigenvalue weighted by Gasteiger charge is 2.17. The molecule has 0 unspecified atom stereocenters. The third-order valence-corrected chi connectivity index (χ3v) is 3.01. The molecule has 0 heterocycles. The van der Waals surface area contributed by atoms with Crippen LogP contribution in [0.3, 0.4) is 0 Å². The lowest BCUT2D eigenvalue weighted by atomic mass is 10.2. The molecule has 0 fully saturated rings. The maximum atomic E-state index is 13.1. The normalized spacial score (nSPS) is 9.85. The Hall–Kier alpha value is -2.46. The molecule has 0 N–H and O–H groups in total. The first-order valence-corrected chi connectivity index (χ1v) is 6.12. The SMILES string of the molecule is N#Cc1ccc(Oc2ccc(F)c(Br)c2)c([N+](=O)[O-])c1. The number of benzene rings is 2. The second kappa shape index (κ2) is 5.67. The van der Waals surface area contributed by atoms with E-state index in [-0.39, 0.29) is 27.2 Å². The zero-order valence-electron chi connectivity index (χ0n) is 9.84. The molecule has 5 nitrogen and oxygen atoms in total. The fourth-order valence-corrected chi connectivity index (χ4v) is 1.84. The number of nitro groups is 1. The van der Waals surface area contributed by atoms with Crippen molar-refractivity contribution in [3.05, 3.63) is 62.4 Å². The number of ether oxygens (including phenoxy) is 1. The van der Waals surface area contributed by atoms with E-state index in [1.165, 1.54) is 30.3 Å². The van der Waals surface area contributed by atoms with Gasteiger partial charge in [0.05, 0.1) is 21.0 Å². The maximum Gasteiger partial charge on any atom is 0.312 e. The van der Waals surface area contributed by atoms with E-state index in [4.69, 9.17) is 10.00 Å². The van der Waals surface area contributed by atoms with Gasteiger partial charge in [0.15, 0.2) is 0 Å². The van der Waals surface area contributed by atoms with Crippen LogP contribution in [0.1, 0.15) is 5.56 Å². The second-order valence-electron chi connectivity index (χ2n) is 3.73. The second-order valence-corrected chi connectivity index (χ2v) is 4.58. The number of hydrogen-bond donors (Lipinski definition) is 0. The molecule has 0 amide bonds. The molecule has 2 rings (SSSR count). The molecule has 0 saturated heterocycles. The average Bonchev–Trinajstić information content (AvgIpc) is 2.43. The van der Waals surface area contributed by atoms with Gasteiger partial charge < -0.3 is 4.74 Å². The largest absolute Gasteiger partial charge is 0.450 e. The van der Waals surface area contributed by atoms with Gasteiger partial charge in [0.1, 0.15) is 11.6 Å². The summed E-state index contributed by atoms with van der Waals surface area (Å²) in [5.41, 5.74) is -0.172. The van der Waals surface area contributed by atoms with Gasteiger partial charge in [-0.1, -0.05) is 0 Å². The third-order valence-electron chi connectivity index (χ3n) is 2.40. The molecule has 0 saturated carbocycles. The Morgan fingerprint density at radius 1 is 1.30 bits per heavy atom. The van der Waals surface area contributed by atoms with Gasteiger partial charge >= 0.3 is 5.69 Å². The standard InChI is InChI=1S/C13H6BrFN2O3/c14-10-6-9(2-3-11(10)15)20-13-4-1-8(7-16)5-12(13)17(18)19/h1-6H. The van der Waals surface area contributed by atoms with Crippen molar-refractivity contribution in [3.8, 4) is 17.6 Å². The lowest BCUT2D eigenvalue weighted by Crippen LogP contribution is -1.94. The first-order valence-electron chi connectivity index (χ1n) is 5.32. The van der Waals surface area contributed by atoms with Crippen LogP contribution in [0.15, 0.2) is 40.9 Å². The molecule has 0 bridgehead atoms. The highest BCUT2D eigenvalue weighted by atomic mass is 79.9. The van der Waals surface area contributed by atoms with E-state index in [0.717, 1.165) is 6.07 Å². The van der Waals surface area contributed by atoms with Gasteiger partial charge in [-0.3, -0.25) is 10.1 Å². The molecule has 0 aliphatic rings. The Bertz CT molecular complexity index is 728. The quantitative estimate of drug-likeness (QED) is 0.622. The van der Waals surface area contributed by atoms with Crippen molar-refractivity contribution in [1.29, 1.82) is 5.26 Å². The minimum Gasteiger partial charge on any atom is -0.450 e. The molecule has 20 heavy (non-hydrogen) atoms. The maximum absolute atomic E-state index is 13.1. The van der Waals surface area contributed by atoms with Crippen LogP contribution >= 0.6 is 15.9 Å². The lowest BCUT2D eigenvalue weighted by molar-refractivity contribution is -0.385. The number of nitriles is 1. The van der Waals surface area contributed by atoms with Crippen LogP contribution in [0.2, 0.25) is 0 Å². The molecule has 0 aliphatic heterocycles. The smallest absolute Gasteiger partial charge is 0.312 e. The summed E-state index contributed by atoms with van der Waals surface area (Å²) in [6, 6.07) is 9.55. The monoisotopic (exact) mass is 336 g/mol. The van der Waals surface area contributed by atoms with Crippen LogP contribution in [-0.2, 0) is 0 Å². The summed E-state index contributed by atoms with van der Waals surface area (Å²) in [6.45, 7) is 0. The van der Waals surface area contributed by atoms with Crippen molar-refractivity contribution in [2.45, 2.75) is 0 Å². The number of nitro benzene ring substituents is 1. The Balaban J connectivity index is 2.40. The van der Waals surface area contributed by atoms with Crippen LogP contribution in [0.25, 0.3) is 0 Å². The van der Waals surface area contributed by atoms with Crippen LogP contribution in [-0.4, -0.2) is 4.92 Å². The molecule has 0 atom stereocenters. The molecule has 100 valence electrons. The average molecular weight is 337 g/mol. The van der Waals surface area contributed by atoms with Crippen molar-refractivity contribution in [1.82, 2.24) is 0 Å². The zero-order valence-corrected chi connectivity index (χ0v) is 11.4. The molecule has 0 radical (unpaired) electrons. The van der Waals surface area contributed by atoms with E-state index in [9.17, 15) is 14.5 Å². The van der Waals surface area contributed by atoms with Crippen molar-refractivity contribution in [3.63, 3.8) is 0 Å². The van der Waals surface area contributed by atoms with Crippen LogP contribution in [0, 0.1) is 27.3 Å². The molecule has 7 heteroatoms. The minimum absolute atomic E-state index is 0.0208. The fraction of sp³-hybridized carbons (Fsp3) is 0.